The van der Waals surface area contributed by atoms with Gasteiger partial charge in [0.2, 0.25) is 5.91 Å². The quantitative estimate of drug-likeness (QED) is 0.582. The van der Waals surface area contributed by atoms with Crippen LogP contribution in [0.4, 0.5) is 0 Å². The molecule has 0 unspecified atom stereocenters. The Morgan fingerprint density at radius 3 is 2.45 bits per heavy atom. The molecule has 2 N–H and O–H groups in total. The highest BCUT2D eigenvalue weighted by Crippen LogP contribution is 2.18. The molecule has 62 valence electrons. The molecule has 0 aromatic carbocycles. The second-order valence-corrected chi connectivity index (χ2v) is 3.49. The van der Waals surface area contributed by atoms with E-state index >= 15 is 0 Å². The maximum Gasteiger partial charge on any atom is 0.225 e. The largest absolute Gasteiger partial charge is 0.353 e. The zero-order chi connectivity index (χ0) is 7.68. The molecule has 2 aliphatic rings. The van der Waals surface area contributed by atoms with Crippen LogP contribution < -0.4 is 10.6 Å². The Balaban J connectivity index is 1.71. The van der Waals surface area contributed by atoms with Gasteiger partial charge in [-0.3, -0.25) is 4.79 Å². The highest BCUT2D eigenvalue weighted by atomic mass is 16.2. The van der Waals surface area contributed by atoms with E-state index in [0.29, 0.717) is 6.04 Å². The van der Waals surface area contributed by atoms with Crippen LogP contribution in [0.5, 0.6) is 0 Å². The Kier molecular flexibility index (Phi) is 1.82. The normalized spacial score (nSPS) is 25.5. The van der Waals surface area contributed by atoms with Crippen molar-refractivity contribution in [2.45, 2.75) is 25.3 Å². The van der Waals surface area contributed by atoms with E-state index < -0.39 is 0 Å². The van der Waals surface area contributed by atoms with Gasteiger partial charge in [-0.05, 0) is 19.3 Å². The van der Waals surface area contributed by atoms with Gasteiger partial charge in [0.25, 0.3) is 0 Å². The molecule has 3 heteroatoms. The van der Waals surface area contributed by atoms with E-state index in [1.54, 1.807) is 0 Å². The standard InChI is InChI=1S/C8H14N2O/c11-8(6-4-9-5-6)10-7-2-1-3-7/h6-7,9H,1-5H2,(H,10,11). The minimum atomic E-state index is 0.258. The molecular formula is C8H14N2O. The summed E-state index contributed by atoms with van der Waals surface area (Å²) in [7, 11) is 0. The van der Waals surface area contributed by atoms with Crippen molar-refractivity contribution in [3.8, 4) is 0 Å². The minimum Gasteiger partial charge on any atom is -0.353 e. The fourth-order valence-electron chi connectivity index (χ4n) is 1.35. The minimum absolute atomic E-state index is 0.258. The lowest BCUT2D eigenvalue weighted by molar-refractivity contribution is -0.127. The topological polar surface area (TPSA) is 41.1 Å². The molecule has 0 radical (unpaired) electrons. The van der Waals surface area contributed by atoms with Crippen molar-refractivity contribution in [1.29, 1.82) is 0 Å². The fraction of sp³-hybridized carbons (Fsp3) is 0.875. The summed E-state index contributed by atoms with van der Waals surface area (Å²) in [5.74, 6) is 0.518. The number of rotatable bonds is 2. The predicted octanol–water partition coefficient (Wildman–Crippen LogP) is -0.126. The zero-order valence-electron chi connectivity index (χ0n) is 6.60. The summed E-state index contributed by atoms with van der Waals surface area (Å²) in [5.41, 5.74) is 0. The predicted molar refractivity (Wildman–Crippen MR) is 42.1 cm³/mol. The molecule has 1 amide bonds. The number of carbonyl (C=O) groups excluding carboxylic acids is 1. The van der Waals surface area contributed by atoms with E-state index in [2.05, 4.69) is 10.6 Å². The summed E-state index contributed by atoms with van der Waals surface area (Å²) in [6.07, 6.45) is 3.66. The van der Waals surface area contributed by atoms with Crippen molar-refractivity contribution >= 4 is 5.91 Å². The Hall–Kier alpha value is -0.570. The third-order valence-electron chi connectivity index (χ3n) is 2.60. The van der Waals surface area contributed by atoms with Gasteiger partial charge in [0.15, 0.2) is 0 Å². The van der Waals surface area contributed by atoms with Crippen LogP contribution in [0.3, 0.4) is 0 Å². The third kappa shape index (κ3) is 1.38. The molecule has 1 aliphatic heterocycles. The van der Waals surface area contributed by atoms with Gasteiger partial charge in [0.1, 0.15) is 0 Å². The van der Waals surface area contributed by atoms with Crippen molar-refractivity contribution in [3.05, 3.63) is 0 Å². The van der Waals surface area contributed by atoms with Gasteiger partial charge in [-0.25, -0.2) is 0 Å². The molecule has 0 aromatic heterocycles. The van der Waals surface area contributed by atoms with Crippen molar-refractivity contribution in [2.24, 2.45) is 5.92 Å². The number of hydrogen-bond acceptors (Lipinski definition) is 2. The van der Waals surface area contributed by atoms with Crippen LogP contribution in [0.1, 0.15) is 19.3 Å². The summed E-state index contributed by atoms with van der Waals surface area (Å²) in [6.45, 7) is 1.75. The lowest BCUT2D eigenvalue weighted by atomic mass is 9.92. The fourth-order valence-corrected chi connectivity index (χ4v) is 1.35. The number of amides is 1. The van der Waals surface area contributed by atoms with E-state index in [-0.39, 0.29) is 11.8 Å². The van der Waals surface area contributed by atoms with E-state index in [9.17, 15) is 4.79 Å². The number of carbonyl (C=O) groups is 1. The molecular weight excluding hydrogens is 140 g/mol. The monoisotopic (exact) mass is 154 g/mol. The maximum atomic E-state index is 11.3. The number of nitrogens with one attached hydrogen (secondary N) is 2. The first-order valence-electron chi connectivity index (χ1n) is 4.37. The Morgan fingerprint density at radius 2 is 2.09 bits per heavy atom. The SMILES string of the molecule is O=C(NC1CCC1)C1CNC1. The summed E-state index contributed by atoms with van der Waals surface area (Å²) < 4.78 is 0. The van der Waals surface area contributed by atoms with E-state index in [1.165, 1.54) is 19.3 Å². The maximum absolute atomic E-state index is 11.3. The number of hydrogen-bond donors (Lipinski definition) is 2. The van der Waals surface area contributed by atoms with Crippen molar-refractivity contribution in [2.75, 3.05) is 13.1 Å². The van der Waals surface area contributed by atoms with Crippen LogP contribution in [-0.2, 0) is 4.79 Å². The van der Waals surface area contributed by atoms with Gasteiger partial charge in [-0.2, -0.15) is 0 Å². The molecule has 1 saturated heterocycles. The summed E-state index contributed by atoms with van der Waals surface area (Å²) in [5, 5.41) is 6.13. The summed E-state index contributed by atoms with van der Waals surface area (Å²) in [6, 6.07) is 0.503. The van der Waals surface area contributed by atoms with Crippen LogP contribution in [0, 0.1) is 5.92 Å². The first kappa shape index (κ1) is 7.10. The average Bonchev–Trinajstić information content (AvgIpc) is 1.74. The lowest BCUT2D eigenvalue weighted by Gasteiger charge is -2.31. The second kappa shape index (κ2) is 2.81. The van der Waals surface area contributed by atoms with Crippen molar-refractivity contribution < 1.29 is 4.79 Å². The first-order valence-corrected chi connectivity index (χ1v) is 4.37. The molecule has 1 aliphatic carbocycles. The van der Waals surface area contributed by atoms with E-state index in [4.69, 9.17) is 0 Å². The smallest absolute Gasteiger partial charge is 0.225 e. The van der Waals surface area contributed by atoms with Crippen molar-refractivity contribution in [3.63, 3.8) is 0 Å². The summed E-state index contributed by atoms with van der Waals surface area (Å²) >= 11 is 0. The van der Waals surface area contributed by atoms with Gasteiger partial charge in [0.05, 0.1) is 5.92 Å². The van der Waals surface area contributed by atoms with Gasteiger partial charge >= 0.3 is 0 Å². The van der Waals surface area contributed by atoms with E-state index in [0.717, 1.165) is 13.1 Å². The van der Waals surface area contributed by atoms with Crippen LogP contribution in [0.2, 0.25) is 0 Å². The average molecular weight is 154 g/mol. The third-order valence-corrected chi connectivity index (χ3v) is 2.60. The van der Waals surface area contributed by atoms with Gasteiger partial charge < -0.3 is 10.6 Å². The molecule has 1 saturated carbocycles. The van der Waals surface area contributed by atoms with Gasteiger partial charge in [-0.15, -0.1) is 0 Å². The molecule has 0 bridgehead atoms. The molecule has 0 aromatic rings. The Labute approximate surface area is 66.5 Å². The first-order chi connectivity index (χ1) is 5.36. The van der Waals surface area contributed by atoms with Crippen LogP contribution in [0.15, 0.2) is 0 Å². The molecule has 2 rings (SSSR count). The highest BCUT2D eigenvalue weighted by Gasteiger charge is 2.28. The lowest BCUT2D eigenvalue weighted by Crippen LogP contribution is -2.53. The van der Waals surface area contributed by atoms with Crippen LogP contribution in [0.25, 0.3) is 0 Å². The van der Waals surface area contributed by atoms with E-state index in [1.807, 2.05) is 0 Å². The molecule has 1 heterocycles. The Morgan fingerprint density at radius 1 is 1.36 bits per heavy atom. The molecule has 0 atom stereocenters. The van der Waals surface area contributed by atoms with Gasteiger partial charge in [0, 0.05) is 19.1 Å². The highest BCUT2D eigenvalue weighted by molar-refractivity contribution is 5.80. The second-order valence-electron chi connectivity index (χ2n) is 3.49. The molecule has 11 heavy (non-hydrogen) atoms. The molecule has 0 spiro atoms. The Bertz CT molecular complexity index is 161. The molecule has 2 fully saturated rings. The zero-order valence-corrected chi connectivity index (χ0v) is 6.60. The van der Waals surface area contributed by atoms with Crippen LogP contribution >= 0.6 is 0 Å². The van der Waals surface area contributed by atoms with Gasteiger partial charge in [-0.1, -0.05) is 0 Å². The van der Waals surface area contributed by atoms with Crippen molar-refractivity contribution in [1.82, 2.24) is 10.6 Å². The molecule has 3 nitrogen and oxygen atoms in total. The van der Waals surface area contributed by atoms with Crippen LogP contribution in [-0.4, -0.2) is 25.0 Å². The summed E-state index contributed by atoms with van der Waals surface area (Å²) in [4.78, 5) is 11.3.